The van der Waals surface area contributed by atoms with Crippen LogP contribution >= 0.6 is 0 Å². The van der Waals surface area contributed by atoms with E-state index in [0.717, 1.165) is 17.3 Å². The van der Waals surface area contributed by atoms with Crippen LogP contribution in [-0.2, 0) is 4.74 Å². The Balaban J connectivity index is 1.41. The van der Waals surface area contributed by atoms with Gasteiger partial charge in [0.1, 0.15) is 34.8 Å². The molecule has 1 aliphatic heterocycles. The van der Waals surface area contributed by atoms with Gasteiger partial charge in [0.15, 0.2) is 0 Å². The monoisotopic (exact) mass is 462 g/mol. The minimum absolute atomic E-state index is 0.0462. The fourth-order valence-corrected chi connectivity index (χ4v) is 4.51. The van der Waals surface area contributed by atoms with E-state index in [1.54, 1.807) is 6.20 Å². The molecule has 6 rings (SSSR count). The largest absolute Gasteiger partial charge is 0.367 e. The molecule has 7 nitrogen and oxygen atoms in total. The van der Waals surface area contributed by atoms with E-state index in [1.165, 1.54) is 25.0 Å². The van der Waals surface area contributed by atoms with E-state index in [0.29, 0.717) is 41.7 Å². The summed E-state index contributed by atoms with van der Waals surface area (Å²) in [7, 11) is 0. The summed E-state index contributed by atoms with van der Waals surface area (Å²) in [5.74, 6) is -0.671. The Kier molecular flexibility index (Phi) is 5.02. The molecule has 2 atom stereocenters. The molecule has 2 fully saturated rings. The quantitative estimate of drug-likeness (QED) is 0.435. The molecule has 2 aliphatic rings. The lowest BCUT2D eigenvalue weighted by atomic mass is 10.1. The number of morpholine rings is 1. The Morgan fingerprint density at radius 1 is 1.06 bits per heavy atom. The van der Waals surface area contributed by atoms with Crippen LogP contribution in [0.4, 0.5) is 14.6 Å². The number of hydrogen-bond acceptors (Lipinski definition) is 6. The molecule has 1 saturated heterocycles. The molecule has 1 saturated carbocycles. The van der Waals surface area contributed by atoms with Crippen LogP contribution in [0.2, 0.25) is 0 Å². The fourth-order valence-electron chi connectivity index (χ4n) is 4.51. The minimum Gasteiger partial charge on any atom is -0.367 e. The average molecular weight is 463 g/mol. The number of ether oxygens (including phenoxy) is 1. The van der Waals surface area contributed by atoms with Gasteiger partial charge in [-0.2, -0.15) is 5.10 Å². The van der Waals surface area contributed by atoms with E-state index < -0.39 is 11.6 Å². The Labute approximate surface area is 195 Å². The topological polar surface area (TPSA) is 69.0 Å². The van der Waals surface area contributed by atoms with Crippen LogP contribution in [0.1, 0.15) is 43.2 Å². The first kappa shape index (κ1) is 21.1. The highest BCUT2D eigenvalue weighted by atomic mass is 19.1. The average Bonchev–Trinajstić information content (AvgIpc) is 3.54. The number of benzene rings is 1. The predicted molar refractivity (Wildman–Crippen MR) is 123 cm³/mol. The molecule has 174 valence electrons. The molecule has 9 heteroatoms. The molecule has 0 radical (unpaired) electrons. The van der Waals surface area contributed by atoms with Gasteiger partial charge in [-0.25, -0.2) is 18.7 Å². The summed E-state index contributed by atoms with van der Waals surface area (Å²) in [5, 5.41) is 4.51. The van der Waals surface area contributed by atoms with Crippen molar-refractivity contribution in [2.24, 2.45) is 0 Å². The molecule has 0 bridgehead atoms. The summed E-state index contributed by atoms with van der Waals surface area (Å²) in [6, 6.07) is 5.87. The molecule has 0 N–H and O–H groups in total. The van der Waals surface area contributed by atoms with Gasteiger partial charge in [0.25, 0.3) is 0 Å². The zero-order valence-corrected chi connectivity index (χ0v) is 18.9. The normalized spacial score (nSPS) is 20.8. The molecule has 34 heavy (non-hydrogen) atoms. The van der Waals surface area contributed by atoms with Crippen LogP contribution in [0.5, 0.6) is 0 Å². The zero-order chi connectivity index (χ0) is 23.4. The van der Waals surface area contributed by atoms with Crippen LogP contribution in [0.25, 0.3) is 22.3 Å². The van der Waals surface area contributed by atoms with Gasteiger partial charge in [0.05, 0.1) is 36.1 Å². The van der Waals surface area contributed by atoms with Gasteiger partial charge in [0, 0.05) is 42.2 Å². The van der Waals surface area contributed by atoms with Gasteiger partial charge >= 0.3 is 0 Å². The Hall–Kier alpha value is -3.46. The highest BCUT2D eigenvalue weighted by Gasteiger charge is 2.31. The number of nitrogens with zero attached hydrogens (tertiary/aromatic N) is 6. The van der Waals surface area contributed by atoms with E-state index in [-0.39, 0.29) is 17.8 Å². The van der Waals surface area contributed by atoms with Crippen LogP contribution in [-0.4, -0.2) is 43.9 Å². The van der Waals surface area contributed by atoms with Crippen molar-refractivity contribution in [1.29, 1.82) is 0 Å². The van der Waals surface area contributed by atoms with Crippen LogP contribution in [0, 0.1) is 18.6 Å². The van der Waals surface area contributed by atoms with Crippen LogP contribution in [0.15, 0.2) is 42.9 Å². The van der Waals surface area contributed by atoms with Crippen LogP contribution < -0.4 is 4.90 Å². The Morgan fingerprint density at radius 3 is 2.71 bits per heavy atom. The first-order valence-electron chi connectivity index (χ1n) is 11.5. The summed E-state index contributed by atoms with van der Waals surface area (Å²) in [5.41, 5.74) is 3.40. The number of anilines is 1. The zero-order valence-electron chi connectivity index (χ0n) is 18.9. The van der Waals surface area contributed by atoms with Crippen molar-refractivity contribution in [1.82, 2.24) is 24.7 Å². The molecule has 1 aromatic carbocycles. The molecule has 3 aromatic heterocycles. The van der Waals surface area contributed by atoms with E-state index >= 15 is 0 Å². The number of fused-ring (bicyclic) bond motifs is 1. The number of hydrogen-bond donors (Lipinski definition) is 0. The second kappa shape index (κ2) is 8.09. The summed E-state index contributed by atoms with van der Waals surface area (Å²) in [6.45, 7) is 5.07. The number of aryl methyl sites for hydroxylation is 1. The third-order valence-electron chi connectivity index (χ3n) is 6.32. The predicted octanol–water partition coefficient (Wildman–Crippen LogP) is 4.78. The lowest BCUT2D eigenvalue weighted by Crippen LogP contribution is -2.43. The standard InChI is InChI=1S/C25H24F2N6O/c1-14-9-28-25-21(30-14)8-23(31-24(25)19-6-3-17(26)7-20(19)27)32-11-15(2)34-22(13-32)16-10-29-33(12-16)18-4-5-18/h3,6-10,12,15,18,22H,4-5,11,13H2,1-2H3. The van der Waals surface area contributed by atoms with Gasteiger partial charge in [0.2, 0.25) is 0 Å². The maximum atomic E-state index is 14.8. The molecule has 0 spiro atoms. The molecular weight excluding hydrogens is 438 g/mol. The first-order valence-corrected chi connectivity index (χ1v) is 11.5. The molecule has 4 heterocycles. The Bertz CT molecular complexity index is 1390. The van der Waals surface area contributed by atoms with Gasteiger partial charge in [-0.3, -0.25) is 9.67 Å². The number of pyridine rings is 1. The maximum Gasteiger partial charge on any atom is 0.135 e. The maximum absolute atomic E-state index is 14.8. The Morgan fingerprint density at radius 2 is 1.91 bits per heavy atom. The van der Waals surface area contributed by atoms with Crippen LogP contribution in [0.3, 0.4) is 0 Å². The van der Waals surface area contributed by atoms with E-state index in [2.05, 4.69) is 26.2 Å². The first-order chi connectivity index (χ1) is 16.4. The van der Waals surface area contributed by atoms with Gasteiger partial charge < -0.3 is 9.64 Å². The van der Waals surface area contributed by atoms with Crippen molar-refractivity contribution in [2.75, 3.05) is 18.0 Å². The van der Waals surface area contributed by atoms with Crippen molar-refractivity contribution in [2.45, 2.75) is 44.9 Å². The van der Waals surface area contributed by atoms with Crippen molar-refractivity contribution in [3.8, 4) is 11.3 Å². The molecular formula is C25H24F2N6O. The summed E-state index contributed by atoms with van der Waals surface area (Å²) in [6.07, 6.45) is 7.69. The van der Waals surface area contributed by atoms with Crippen molar-refractivity contribution < 1.29 is 13.5 Å². The fraction of sp³-hybridized carbons (Fsp3) is 0.360. The lowest BCUT2D eigenvalue weighted by molar-refractivity contribution is -0.0176. The molecule has 0 amide bonds. The van der Waals surface area contributed by atoms with Gasteiger partial charge in [-0.15, -0.1) is 0 Å². The number of halogens is 2. The highest BCUT2D eigenvalue weighted by molar-refractivity contribution is 5.91. The van der Waals surface area contributed by atoms with Crippen molar-refractivity contribution in [3.63, 3.8) is 0 Å². The van der Waals surface area contributed by atoms with Crippen molar-refractivity contribution >= 4 is 16.9 Å². The summed E-state index contributed by atoms with van der Waals surface area (Å²) in [4.78, 5) is 16.0. The van der Waals surface area contributed by atoms with E-state index in [1.807, 2.05) is 30.8 Å². The third kappa shape index (κ3) is 3.90. The highest BCUT2D eigenvalue weighted by Crippen LogP contribution is 2.36. The smallest absolute Gasteiger partial charge is 0.135 e. The van der Waals surface area contributed by atoms with E-state index in [4.69, 9.17) is 9.72 Å². The second-order valence-electron chi connectivity index (χ2n) is 9.16. The minimum atomic E-state index is -0.686. The lowest BCUT2D eigenvalue weighted by Gasteiger charge is -2.37. The van der Waals surface area contributed by atoms with Crippen molar-refractivity contribution in [3.05, 3.63) is 65.7 Å². The summed E-state index contributed by atoms with van der Waals surface area (Å²) < 4.78 is 36.6. The van der Waals surface area contributed by atoms with Gasteiger partial charge in [-0.1, -0.05) is 0 Å². The summed E-state index contributed by atoms with van der Waals surface area (Å²) >= 11 is 0. The number of aromatic nitrogens is 5. The molecule has 2 unspecified atom stereocenters. The second-order valence-corrected chi connectivity index (χ2v) is 9.16. The molecule has 1 aliphatic carbocycles. The van der Waals surface area contributed by atoms with E-state index in [9.17, 15) is 8.78 Å². The van der Waals surface area contributed by atoms with Gasteiger partial charge in [-0.05, 0) is 38.8 Å². The molecule has 4 aromatic rings. The number of rotatable bonds is 4. The third-order valence-corrected chi connectivity index (χ3v) is 6.32. The SMILES string of the molecule is Cc1cnc2c(-c3ccc(F)cc3F)nc(N3CC(C)OC(c4cnn(C5CC5)c4)C3)cc2n1.